The highest BCUT2D eigenvalue weighted by atomic mass is 32.1. The largest absolute Gasteiger partial charge is 0.291 e. The first-order valence-electron chi connectivity index (χ1n) is 17.6. The zero-order chi connectivity index (χ0) is 33.9. The molecule has 0 radical (unpaired) electrons. The lowest BCUT2D eigenvalue weighted by molar-refractivity contribution is 0.811. The van der Waals surface area contributed by atoms with Crippen molar-refractivity contribution in [3.8, 4) is 39.3 Å². The van der Waals surface area contributed by atoms with Gasteiger partial charge in [0.15, 0.2) is 0 Å². The zero-order valence-corrected chi connectivity index (χ0v) is 29.6. The van der Waals surface area contributed by atoms with Gasteiger partial charge in [0.05, 0.1) is 16.7 Å². The molecule has 0 aliphatic heterocycles. The van der Waals surface area contributed by atoms with Crippen LogP contribution in [-0.4, -0.2) is 9.55 Å². The fraction of sp³-hybridized carbons (Fsp3) is 0.128. The van der Waals surface area contributed by atoms with Crippen molar-refractivity contribution in [2.45, 2.75) is 39.5 Å². The van der Waals surface area contributed by atoms with Gasteiger partial charge in [-0.05, 0) is 68.8 Å². The van der Waals surface area contributed by atoms with Gasteiger partial charge in [-0.3, -0.25) is 4.57 Å². The van der Waals surface area contributed by atoms with Crippen LogP contribution < -0.4 is 0 Å². The summed E-state index contributed by atoms with van der Waals surface area (Å²) in [4.78, 5) is 5.50. The highest BCUT2D eigenvalue weighted by Crippen LogP contribution is 2.45. The van der Waals surface area contributed by atoms with Crippen LogP contribution in [0, 0.1) is 0 Å². The van der Waals surface area contributed by atoms with Gasteiger partial charge in [-0.25, -0.2) is 4.98 Å². The van der Waals surface area contributed by atoms with E-state index >= 15 is 0 Å². The Morgan fingerprint density at radius 2 is 1.14 bits per heavy atom. The van der Waals surface area contributed by atoms with Crippen molar-refractivity contribution in [1.29, 1.82) is 0 Å². The molecule has 0 unspecified atom stereocenters. The molecule has 9 rings (SSSR count). The molecule has 0 N–H and O–H groups in total. The summed E-state index contributed by atoms with van der Waals surface area (Å²) < 4.78 is 5.06. The molecule has 0 saturated heterocycles. The summed E-state index contributed by atoms with van der Waals surface area (Å²) in [5, 5.41) is 5.02. The molecule has 2 nitrogen and oxygen atoms in total. The SMILES string of the molecule is CC(C)c1cccc(C(C)C)c1-n1c(-c2cccc3c2sc2cc(-c4ccc(-c5ccccc5)cc4)ccc23)nc2ccc3ccccc3c21. The quantitative estimate of drug-likeness (QED) is 0.173. The maximum Gasteiger partial charge on any atom is 0.147 e. The molecule has 0 fully saturated rings. The fourth-order valence-corrected chi connectivity index (χ4v) is 8.90. The summed E-state index contributed by atoms with van der Waals surface area (Å²) in [7, 11) is 0. The molecule has 0 amide bonds. The summed E-state index contributed by atoms with van der Waals surface area (Å²) >= 11 is 1.88. The molecule has 2 heterocycles. The minimum Gasteiger partial charge on any atom is -0.291 e. The molecule has 9 aromatic rings. The third-order valence-electron chi connectivity index (χ3n) is 10.2. The molecule has 0 spiro atoms. The molecule has 50 heavy (non-hydrogen) atoms. The van der Waals surface area contributed by atoms with Gasteiger partial charge in [-0.2, -0.15) is 0 Å². The summed E-state index contributed by atoms with van der Waals surface area (Å²) in [5.41, 5.74) is 12.3. The van der Waals surface area contributed by atoms with Gasteiger partial charge >= 0.3 is 0 Å². The van der Waals surface area contributed by atoms with E-state index in [0.717, 1.165) is 11.3 Å². The van der Waals surface area contributed by atoms with Gasteiger partial charge in [0, 0.05) is 31.1 Å². The number of nitrogens with zero attached hydrogens (tertiary/aromatic N) is 2. The van der Waals surface area contributed by atoms with E-state index in [4.69, 9.17) is 4.98 Å². The average molecular weight is 663 g/mol. The Balaban J connectivity index is 1.28. The number of rotatable bonds is 6. The van der Waals surface area contributed by atoms with Crippen molar-refractivity contribution in [3.05, 3.63) is 157 Å². The number of fused-ring (bicyclic) bond motifs is 6. The Morgan fingerprint density at radius 1 is 0.520 bits per heavy atom. The summed E-state index contributed by atoms with van der Waals surface area (Å²) in [6.45, 7) is 9.22. The number of thiophene rings is 1. The van der Waals surface area contributed by atoms with Crippen LogP contribution in [0.15, 0.2) is 146 Å². The van der Waals surface area contributed by atoms with E-state index < -0.39 is 0 Å². The molecule has 3 heteroatoms. The van der Waals surface area contributed by atoms with E-state index in [1.165, 1.54) is 81.1 Å². The van der Waals surface area contributed by atoms with Crippen LogP contribution in [0.5, 0.6) is 0 Å². The Kier molecular flexibility index (Phi) is 7.40. The number of aromatic nitrogens is 2. The zero-order valence-electron chi connectivity index (χ0n) is 28.8. The van der Waals surface area contributed by atoms with Crippen LogP contribution >= 0.6 is 11.3 Å². The highest BCUT2D eigenvalue weighted by molar-refractivity contribution is 7.26. The average Bonchev–Trinajstić information content (AvgIpc) is 3.73. The van der Waals surface area contributed by atoms with Crippen molar-refractivity contribution in [2.75, 3.05) is 0 Å². The molecule has 0 saturated carbocycles. The van der Waals surface area contributed by atoms with Gasteiger partial charge in [-0.1, -0.05) is 155 Å². The van der Waals surface area contributed by atoms with Crippen LogP contribution in [0.1, 0.15) is 50.7 Å². The molecular weight excluding hydrogens is 625 g/mol. The van der Waals surface area contributed by atoms with Crippen LogP contribution in [0.4, 0.5) is 0 Å². The van der Waals surface area contributed by atoms with E-state index in [-0.39, 0.29) is 0 Å². The standard InChI is InChI=1S/C47H38N2S/c1-29(2)36-16-10-17-37(30(3)4)44(36)49-45-38-15-9-8-14-34(38)25-27-42(45)48-47(49)41-19-11-18-40-39-26-24-35(28-43(39)50-46(40)41)33-22-20-32(21-23-33)31-12-6-5-7-13-31/h5-30H,1-4H3. The van der Waals surface area contributed by atoms with Crippen LogP contribution in [0.3, 0.4) is 0 Å². The first-order chi connectivity index (χ1) is 24.5. The molecule has 0 aliphatic rings. The maximum absolute atomic E-state index is 5.50. The van der Waals surface area contributed by atoms with Gasteiger partial charge in [-0.15, -0.1) is 11.3 Å². The van der Waals surface area contributed by atoms with E-state index in [2.05, 4.69) is 178 Å². The number of benzene rings is 7. The number of hydrogen-bond donors (Lipinski definition) is 0. The lowest BCUT2D eigenvalue weighted by Crippen LogP contribution is -2.08. The topological polar surface area (TPSA) is 17.8 Å². The lowest BCUT2D eigenvalue weighted by atomic mass is 9.92. The first-order valence-corrected chi connectivity index (χ1v) is 18.4. The first kappa shape index (κ1) is 30.5. The van der Waals surface area contributed by atoms with Crippen molar-refractivity contribution in [1.82, 2.24) is 9.55 Å². The minimum absolute atomic E-state index is 0.351. The summed E-state index contributed by atoms with van der Waals surface area (Å²) in [5.74, 6) is 1.70. The monoisotopic (exact) mass is 662 g/mol. The number of para-hydroxylation sites is 1. The normalized spacial score (nSPS) is 12.0. The second-order valence-electron chi connectivity index (χ2n) is 14.0. The maximum atomic E-state index is 5.50. The number of imidazole rings is 1. The predicted molar refractivity (Wildman–Crippen MR) is 216 cm³/mol. The van der Waals surface area contributed by atoms with Crippen LogP contribution in [0.2, 0.25) is 0 Å². The molecular formula is C47H38N2S. The Morgan fingerprint density at radius 3 is 1.88 bits per heavy atom. The van der Waals surface area contributed by atoms with Gasteiger partial charge in [0.1, 0.15) is 5.82 Å². The van der Waals surface area contributed by atoms with E-state index in [0.29, 0.717) is 11.8 Å². The van der Waals surface area contributed by atoms with Gasteiger partial charge in [0.2, 0.25) is 0 Å². The van der Waals surface area contributed by atoms with Crippen molar-refractivity contribution < 1.29 is 0 Å². The second-order valence-corrected chi connectivity index (χ2v) is 15.0. The second kappa shape index (κ2) is 12.1. The van der Waals surface area contributed by atoms with Crippen molar-refractivity contribution in [2.24, 2.45) is 0 Å². The molecule has 0 atom stereocenters. The Hall–Kier alpha value is -5.51. The predicted octanol–water partition coefficient (Wildman–Crippen LogP) is 13.8. The minimum atomic E-state index is 0.351. The summed E-state index contributed by atoms with van der Waals surface area (Å²) in [6, 6.07) is 53.2. The third kappa shape index (κ3) is 4.96. The molecule has 0 aliphatic carbocycles. The fourth-order valence-electron chi connectivity index (χ4n) is 7.65. The molecule has 2 aromatic heterocycles. The highest BCUT2D eigenvalue weighted by Gasteiger charge is 2.25. The van der Waals surface area contributed by atoms with Crippen molar-refractivity contribution in [3.63, 3.8) is 0 Å². The molecule has 242 valence electrons. The Labute approximate surface area is 297 Å². The van der Waals surface area contributed by atoms with E-state index in [1.54, 1.807) is 0 Å². The molecule has 0 bridgehead atoms. The molecule has 7 aromatic carbocycles. The Bertz CT molecular complexity index is 2670. The van der Waals surface area contributed by atoms with Gasteiger partial charge in [0.25, 0.3) is 0 Å². The van der Waals surface area contributed by atoms with E-state index in [1.807, 2.05) is 11.3 Å². The van der Waals surface area contributed by atoms with Gasteiger partial charge < -0.3 is 0 Å². The number of hydrogen-bond acceptors (Lipinski definition) is 2. The van der Waals surface area contributed by atoms with E-state index in [9.17, 15) is 0 Å². The van der Waals surface area contributed by atoms with Crippen molar-refractivity contribution >= 4 is 53.3 Å². The van der Waals surface area contributed by atoms with Crippen LogP contribution in [-0.2, 0) is 0 Å². The van der Waals surface area contributed by atoms with Crippen LogP contribution in [0.25, 0.3) is 81.3 Å². The smallest absolute Gasteiger partial charge is 0.147 e. The lowest BCUT2D eigenvalue weighted by Gasteiger charge is -2.23. The summed E-state index contributed by atoms with van der Waals surface area (Å²) in [6.07, 6.45) is 0. The third-order valence-corrected chi connectivity index (χ3v) is 11.4.